The summed E-state index contributed by atoms with van der Waals surface area (Å²) in [6.07, 6.45) is 0.942. The summed E-state index contributed by atoms with van der Waals surface area (Å²) in [6, 6.07) is 7.34. The van der Waals surface area contributed by atoms with Crippen LogP contribution in [0.4, 0.5) is 5.69 Å². The zero-order chi connectivity index (χ0) is 14.5. The van der Waals surface area contributed by atoms with Gasteiger partial charge in [0.1, 0.15) is 0 Å². The minimum atomic E-state index is -0.606. The van der Waals surface area contributed by atoms with Gasteiger partial charge < -0.3 is 16.2 Å². The lowest BCUT2D eigenvalue weighted by Crippen LogP contribution is -2.41. The van der Waals surface area contributed by atoms with Crippen LogP contribution in [0.1, 0.15) is 39.2 Å². The van der Waals surface area contributed by atoms with Gasteiger partial charge in [-0.05, 0) is 44.4 Å². The molecule has 1 amide bonds. The molecule has 0 spiro atoms. The summed E-state index contributed by atoms with van der Waals surface area (Å²) in [5.41, 5.74) is 6.65. The van der Waals surface area contributed by atoms with Gasteiger partial charge in [-0.25, -0.2) is 0 Å². The van der Waals surface area contributed by atoms with Crippen LogP contribution in [-0.4, -0.2) is 23.7 Å². The second-order valence-electron chi connectivity index (χ2n) is 5.35. The number of rotatable bonds is 6. The summed E-state index contributed by atoms with van der Waals surface area (Å²) in [4.78, 5) is 12.2. The molecule has 0 radical (unpaired) electrons. The number of anilines is 1. The molecule has 1 rings (SSSR count). The third kappa shape index (κ3) is 4.24. The maximum atomic E-state index is 12.2. The van der Waals surface area contributed by atoms with E-state index in [1.807, 2.05) is 32.9 Å². The molecular formula is C15H24N2O2. The van der Waals surface area contributed by atoms with E-state index in [2.05, 4.69) is 5.32 Å². The molecule has 0 aliphatic rings. The van der Waals surface area contributed by atoms with E-state index in [9.17, 15) is 9.90 Å². The van der Waals surface area contributed by atoms with Gasteiger partial charge in [0.2, 0.25) is 5.91 Å². The van der Waals surface area contributed by atoms with E-state index >= 15 is 0 Å². The molecule has 19 heavy (non-hydrogen) atoms. The van der Waals surface area contributed by atoms with Crippen LogP contribution in [0.3, 0.4) is 0 Å². The SMILES string of the molecule is CCC(O)CCNC(=O)C(C)(C)c1ccc(N)cc1. The first-order valence-electron chi connectivity index (χ1n) is 6.70. The Morgan fingerprint density at radius 3 is 2.47 bits per heavy atom. The lowest BCUT2D eigenvalue weighted by Gasteiger charge is -2.24. The molecule has 0 heterocycles. The van der Waals surface area contributed by atoms with Gasteiger partial charge in [-0.3, -0.25) is 4.79 Å². The summed E-state index contributed by atoms with van der Waals surface area (Å²) in [6.45, 7) is 6.17. The van der Waals surface area contributed by atoms with Gasteiger partial charge >= 0.3 is 0 Å². The normalized spacial score (nSPS) is 13.1. The summed E-state index contributed by atoms with van der Waals surface area (Å²) in [5, 5.41) is 12.3. The number of aliphatic hydroxyl groups is 1. The quantitative estimate of drug-likeness (QED) is 0.686. The van der Waals surface area contributed by atoms with Crippen molar-refractivity contribution in [1.82, 2.24) is 5.32 Å². The number of carbonyl (C=O) groups excluding carboxylic acids is 1. The van der Waals surface area contributed by atoms with Crippen LogP contribution in [0.2, 0.25) is 0 Å². The number of nitrogens with one attached hydrogen (secondary N) is 1. The highest BCUT2D eigenvalue weighted by Gasteiger charge is 2.29. The van der Waals surface area contributed by atoms with Crippen molar-refractivity contribution in [2.75, 3.05) is 12.3 Å². The van der Waals surface area contributed by atoms with E-state index in [-0.39, 0.29) is 12.0 Å². The Labute approximate surface area is 115 Å². The fraction of sp³-hybridized carbons (Fsp3) is 0.533. The summed E-state index contributed by atoms with van der Waals surface area (Å²) >= 11 is 0. The van der Waals surface area contributed by atoms with Gasteiger partial charge in [-0.2, -0.15) is 0 Å². The molecule has 0 saturated heterocycles. The molecule has 106 valence electrons. The minimum Gasteiger partial charge on any atom is -0.399 e. The second-order valence-corrected chi connectivity index (χ2v) is 5.35. The highest BCUT2D eigenvalue weighted by atomic mass is 16.3. The minimum absolute atomic E-state index is 0.0411. The number of hydrogen-bond acceptors (Lipinski definition) is 3. The number of benzene rings is 1. The smallest absolute Gasteiger partial charge is 0.230 e. The maximum Gasteiger partial charge on any atom is 0.230 e. The van der Waals surface area contributed by atoms with E-state index in [1.54, 1.807) is 12.1 Å². The highest BCUT2D eigenvalue weighted by Crippen LogP contribution is 2.24. The van der Waals surface area contributed by atoms with Crippen LogP contribution in [-0.2, 0) is 10.2 Å². The van der Waals surface area contributed by atoms with E-state index < -0.39 is 5.41 Å². The molecule has 0 fully saturated rings. The Kier molecular flexibility index (Phi) is 5.36. The van der Waals surface area contributed by atoms with E-state index in [4.69, 9.17) is 5.73 Å². The van der Waals surface area contributed by atoms with Crippen LogP contribution >= 0.6 is 0 Å². The Balaban J connectivity index is 2.61. The monoisotopic (exact) mass is 264 g/mol. The largest absolute Gasteiger partial charge is 0.399 e. The lowest BCUT2D eigenvalue weighted by molar-refractivity contribution is -0.125. The number of hydrogen-bond donors (Lipinski definition) is 3. The van der Waals surface area contributed by atoms with E-state index in [0.29, 0.717) is 25.1 Å². The fourth-order valence-corrected chi connectivity index (χ4v) is 1.81. The predicted molar refractivity (Wildman–Crippen MR) is 77.8 cm³/mol. The van der Waals surface area contributed by atoms with Crippen molar-refractivity contribution in [1.29, 1.82) is 0 Å². The third-order valence-electron chi connectivity index (χ3n) is 3.43. The highest BCUT2D eigenvalue weighted by molar-refractivity contribution is 5.87. The molecule has 1 unspecified atom stereocenters. The Bertz CT molecular complexity index is 413. The Morgan fingerprint density at radius 1 is 1.37 bits per heavy atom. The molecule has 0 bridgehead atoms. The first-order valence-corrected chi connectivity index (χ1v) is 6.70. The van der Waals surface area contributed by atoms with Gasteiger partial charge in [0.25, 0.3) is 0 Å². The zero-order valence-electron chi connectivity index (χ0n) is 11.9. The fourth-order valence-electron chi connectivity index (χ4n) is 1.81. The summed E-state index contributed by atoms with van der Waals surface area (Å²) < 4.78 is 0. The van der Waals surface area contributed by atoms with Crippen LogP contribution in [0, 0.1) is 0 Å². The first kappa shape index (κ1) is 15.5. The summed E-state index contributed by atoms with van der Waals surface area (Å²) in [5.74, 6) is -0.0411. The molecule has 4 N–H and O–H groups in total. The molecule has 0 aliphatic carbocycles. The molecule has 1 atom stereocenters. The van der Waals surface area contributed by atoms with Crippen molar-refractivity contribution in [2.45, 2.75) is 45.1 Å². The van der Waals surface area contributed by atoms with Crippen molar-refractivity contribution in [3.05, 3.63) is 29.8 Å². The van der Waals surface area contributed by atoms with Crippen LogP contribution < -0.4 is 11.1 Å². The molecular weight excluding hydrogens is 240 g/mol. The van der Waals surface area contributed by atoms with Crippen molar-refractivity contribution in [3.63, 3.8) is 0 Å². The molecule has 4 nitrogen and oxygen atoms in total. The van der Waals surface area contributed by atoms with Gasteiger partial charge in [-0.1, -0.05) is 19.1 Å². The van der Waals surface area contributed by atoms with Gasteiger partial charge in [0.15, 0.2) is 0 Å². The maximum absolute atomic E-state index is 12.2. The van der Waals surface area contributed by atoms with Gasteiger partial charge in [0, 0.05) is 12.2 Å². The van der Waals surface area contributed by atoms with E-state index in [1.165, 1.54) is 0 Å². The number of amides is 1. The van der Waals surface area contributed by atoms with Crippen LogP contribution in [0.5, 0.6) is 0 Å². The Morgan fingerprint density at radius 2 is 1.95 bits per heavy atom. The van der Waals surface area contributed by atoms with Crippen molar-refractivity contribution < 1.29 is 9.90 Å². The molecule has 1 aromatic rings. The van der Waals surface area contributed by atoms with Crippen LogP contribution in [0.25, 0.3) is 0 Å². The molecule has 0 aliphatic heterocycles. The number of nitrogens with two attached hydrogens (primary N) is 1. The molecule has 4 heteroatoms. The standard InChI is InChI=1S/C15H24N2O2/c1-4-13(18)9-10-17-14(19)15(2,3)11-5-7-12(16)8-6-11/h5-8,13,18H,4,9-10,16H2,1-3H3,(H,17,19). The van der Waals surface area contributed by atoms with Crippen molar-refractivity contribution in [3.8, 4) is 0 Å². The molecule has 1 aromatic carbocycles. The first-order chi connectivity index (χ1) is 8.87. The Hall–Kier alpha value is -1.55. The predicted octanol–water partition coefficient (Wildman–Crippen LogP) is 1.82. The lowest BCUT2D eigenvalue weighted by atomic mass is 9.83. The number of aliphatic hydroxyl groups excluding tert-OH is 1. The second kappa shape index (κ2) is 6.57. The van der Waals surface area contributed by atoms with Crippen molar-refractivity contribution >= 4 is 11.6 Å². The van der Waals surface area contributed by atoms with Gasteiger partial charge in [0.05, 0.1) is 11.5 Å². The molecule has 0 aromatic heterocycles. The average Bonchev–Trinajstić information content (AvgIpc) is 2.38. The zero-order valence-corrected chi connectivity index (χ0v) is 11.9. The third-order valence-corrected chi connectivity index (χ3v) is 3.43. The van der Waals surface area contributed by atoms with Crippen LogP contribution in [0.15, 0.2) is 24.3 Å². The number of nitrogen functional groups attached to an aromatic ring is 1. The van der Waals surface area contributed by atoms with E-state index in [0.717, 1.165) is 5.56 Å². The summed E-state index contributed by atoms with van der Waals surface area (Å²) in [7, 11) is 0. The van der Waals surface area contributed by atoms with Crippen molar-refractivity contribution in [2.24, 2.45) is 0 Å². The average molecular weight is 264 g/mol. The van der Waals surface area contributed by atoms with Gasteiger partial charge in [-0.15, -0.1) is 0 Å². The topological polar surface area (TPSA) is 75.3 Å². The molecule has 0 saturated carbocycles. The number of carbonyl (C=O) groups is 1.